The van der Waals surface area contributed by atoms with Gasteiger partial charge in [0.05, 0.1) is 11.9 Å². The fourth-order valence-electron chi connectivity index (χ4n) is 2.88. The first-order valence-corrected chi connectivity index (χ1v) is 9.24. The molecule has 0 radical (unpaired) electrons. The van der Waals surface area contributed by atoms with Gasteiger partial charge in [-0.2, -0.15) is 5.10 Å². The first-order valence-electron chi connectivity index (χ1n) is 8.36. The van der Waals surface area contributed by atoms with E-state index in [-0.39, 0.29) is 6.04 Å². The number of aromatic nitrogens is 4. The molecule has 0 unspecified atom stereocenters. The van der Waals surface area contributed by atoms with Gasteiger partial charge in [0.15, 0.2) is 5.82 Å². The van der Waals surface area contributed by atoms with Crippen molar-refractivity contribution < 1.29 is 0 Å². The monoisotopic (exact) mass is 339 g/mol. The minimum absolute atomic E-state index is 0.218. The second-order valence-electron chi connectivity index (χ2n) is 6.33. The lowest BCUT2D eigenvalue weighted by molar-refractivity contribution is 0.569. The highest BCUT2D eigenvalue weighted by atomic mass is 32.1. The van der Waals surface area contributed by atoms with Crippen molar-refractivity contribution in [1.29, 1.82) is 0 Å². The lowest BCUT2D eigenvalue weighted by Crippen LogP contribution is -2.18. The standard InChI is InChI=1S/C18H21N5S/c1-12(20-10-18-22-16(11-24-18)14-6-7-14)15-9-21-23(13(15)2)17-5-3-4-8-19-17/h3-5,8-9,11-12,14,20H,6-7,10H2,1-2H3/t12-/m0/s1. The van der Waals surface area contributed by atoms with Gasteiger partial charge in [-0.15, -0.1) is 11.3 Å². The van der Waals surface area contributed by atoms with Crippen LogP contribution in [0.4, 0.5) is 0 Å². The van der Waals surface area contributed by atoms with Crippen LogP contribution in [0, 0.1) is 6.92 Å². The number of rotatable bonds is 6. The maximum atomic E-state index is 4.74. The number of hydrogen-bond acceptors (Lipinski definition) is 5. The van der Waals surface area contributed by atoms with Crippen molar-refractivity contribution in [2.75, 3.05) is 0 Å². The molecule has 4 rings (SSSR count). The van der Waals surface area contributed by atoms with Crippen LogP contribution in [-0.4, -0.2) is 19.7 Å². The Hall–Kier alpha value is -2.05. The molecule has 0 aliphatic heterocycles. The van der Waals surface area contributed by atoms with Gasteiger partial charge in [-0.1, -0.05) is 6.07 Å². The molecule has 3 heterocycles. The van der Waals surface area contributed by atoms with Crippen molar-refractivity contribution in [1.82, 2.24) is 25.1 Å². The van der Waals surface area contributed by atoms with Gasteiger partial charge in [0.25, 0.3) is 0 Å². The van der Waals surface area contributed by atoms with E-state index in [1.165, 1.54) is 29.1 Å². The Morgan fingerprint density at radius 3 is 3.00 bits per heavy atom. The Kier molecular flexibility index (Phi) is 4.16. The summed E-state index contributed by atoms with van der Waals surface area (Å²) in [5.41, 5.74) is 3.59. The molecule has 1 saturated carbocycles. The molecule has 5 nitrogen and oxygen atoms in total. The van der Waals surface area contributed by atoms with Gasteiger partial charge in [0.2, 0.25) is 0 Å². The summed E-state index contributed by atoms with van der Waals surface area (Å²) in [4.78, 5) is 9.11. The van der Waals surface area contributed by atoms with Crippen molar-refractivity contribution >= 4 is 11.3 Å². The molecule has 24 heavy (non-hydrogen) atoms. The van der Waals surface area contributed by atoms with Gasteiger partial charge in [-0.05, 0) is 38.8 Å². The molecule has 6 heteroatoms. The van der Waals surface area contributed by atoms with E-state index in [9.17, 15) is 0 Å². The molecule has 1 fully saturated rings. The van der Waals surface area contributed by atoms with Crippen LogP contribution in [-0.2, 0) is 6.54 Å². The Labute approximate surface area is 145 Å². The van der Waals surface area contributed by atoms with Gasteiger partial charge in [-0.25, -0.2) is 14.6 Å². The third-order valence-corrected chi connectivity index (χ3v) is 5.37. The molecule has 1 N–H and O–H groups in total. The van der Waals surface area contributed by atoms with E-state index in [1.54, 1.807) is 17.5 Å². The van der Waals surface area contributed by atoms with Gasteiger partial charge < -0.3 is 5.32 Å². The average molecular weight is 339 g/mol. The van der Waals surface area contributed by atoms with Crippen LogP contribution < -0.4 is 5.32 Å². The van der Waals surface area contributed by atoms with Crippen LogP contribution in [0.1, 0.15) is 53.7 Å². The van der Waals surface area contributed by atoms with Crippen LogP contribution in [0.25, 0.3) is 5.82 Å². The second-order valence-corrected chi connectivity index (χ2v) is 7.27. The second kappa shape index (κ2) is 6.45. The van der Waals surface area contributed by atoms with Crippen molar-refractivity contribution in [2.45, 2.75) is 45.2 Å². The van der Waals surface area contributed by atoms with Crippen LogP contribution in [0.15, 0.2) is 36.0 Å². The highest BCUT2D eigenvalue weighted by Gasteiger charge is 2.26. The summed E-state index contributed by atoms with van der Waals surface area (Å²) in [6.07, 6.45) is 6.33. The molecule has 3 aromatic heterocycles. The van der Waals surface area contributed by atoms with E-state index >= 15 is 0 Å². The number of pyridine rings is 1. The molecule has 124 valence electrons. The van der Waals surface area contributed by atoms with Crippen LogP contribution in [0.5, 0.6) is 0 Å². The van der Waals surface area contributed by atoms with Crippen molar-refractivity contribution in [3.63, 3.8) is 0 Å². The predicted molar refractivity (Wildman–Crippen MR) is 95.4 cm³/mol. The fraction of sp³-hybridized carbons (Fsp3) is 0.389. The largest absolute Gasteiger partial charge is 0.304 e. The summed E-state index contributed by atoms with van der Waals surface area (Å²) in [5.74, 6) is 1.58. The van der Waals surface area contributed by atoms with Gasteiger partial charge in [0.1, 0.15) is 5.01 Å². The van der Waals surface area contributed by atoms with E-state index < -0.39 is 0 Å². The number of hydrogen-bond donors (Lipinski definition) is 1. The minimum Gasteiger partial charge on any atom is -0.304 e. The summed E-state index contributed by atoms with van der Waals surface area (Å²) < 4.78 is 1.89. The van der Waals surface area contributed by atoms with Crippen LogP contribution in [0.2, 0.25) is 0 Å². The molecule has 0 saturated heterocycles. The highest BCUT2D eigenvalue weighted by molar-refractivity contribution is 7.09. The maximum Gasteiger partial charge on any atom is 0.153 e. The zero-order valence-electron chi connectivity index (χ0n) is 13.9. The smallest absolute Gasteiger partial charge is 0.153 e. The summed E-state index contributed by atoms with van der Waals surface area (Å²) in [6.45, 7) is 5.05. The first-order chi connectivity index (χ1) is 11.7. The molecular weight excluding hydrogens is 318 g/mol. The lowest BCUT2D eigenvalue weighted by Gasteiger charge is -2.13. The lowest BCUT2D eigenvalue weighted by atomic mass is 10.1. The van der Waals surface area contributed by atoms with Crippen molar-refractivity contribution in [3.05, 3.63) is 57.9 Å². The van der Waals surface area contributed by atoms with E-state index in [0.717, 1.165) is 24.0 Å². The molecule has 1 aliphatic carbocycles. The van der Waals surface area contributed by atoms with E-state index in [2.05, 4.69) is 34.6 Å². The Morgan fingerprint density at radius 1 is 1.38 bits per heavy atom. The topological polar surface area (TPSA) is 55.6 Å². The number of nitrogens with one attached hydrogen (secondary N) is 1. The zero-order valence-corrected chi connectivity index (χ0v) is 14.8. The highest BCUT2D eigenvalue weighted by Crippen LogP contribution is 2.40. The molecule has 3 aromatic rings. The molecule has 0 bridgehead atoms. The minimum atomic E-state index is 0.218. The van der Waals surface area contributed by atoms with Crippen molar-refractivity contribution in [3.8, 4) is 5.82 Å². The third kappa shape index (κ3) is 3.12. The van der Waals surface area contributed by atoms with E-state index in [0.29, 0.717) is 0 Å². The molecular formula is C18H21N5S. The maximum absolute atomic E-state index is 4.74. The van der Waals surface area contributed by atoms with E-state index in [4.69, 9.17) is 4.98 Å². The molecule has 0 spiro atoms. The quantitative estimate of drug-likeness (QED) is 0.743. The van der Waals surface area contributed by atoms with Gasteiger partial charge >= 0.3 is 0 Å². The molecule has 0 amide bonds. The summed E-state index contributed by atoms with van der Waals surface area (Å²) >= 11 is 1.76. The Bertz CT molecular complexity index is 819. The fourth-order valence-corrected chi connectivity index (χ4v) is 3.71. The Balaban J connectivity index is 1.44. The normalized spacial score (nSPS) is 15.6. The summed E-state index contributed by atoms with van der Waals surface area (Å²) in [6, 6.07) is 6.08. The van der Waals surface area contributed by atoms with Crippen molar-refractivity contribution in [2.24, 2.45) is 0 Å². The SMILES string of the molecule is Cc1c([C@H](C)NCc2nc(C3CC3)cs2)cnn1-c1ccccn1. The first kappa shape index (κ1) is 15.5. The van der Waals surface area contributed by atoms with E-state index in [1.807, 2.05) is 29.1 Å². The Morgan fingerprint density at radius 2 is 2.25 bits per heavy atom. The number of thiazole rings is 1. The van der Waals surface area contributed by atoms with Gasteiger partial charge in [0, 0.05) is 41.3 Å². The summed E-state index contributed by atoms with van der Waals surface area (Å²) in [5, 5.41) is 11.4. The number of nitrogens with zero attached hydrogens (tertiary/aromatic N) is 4. The molecule has 0 aromatic carbocycles. The molecule has 1 aliphatic rings. The molecule has 1 atom stereocenters. The van der Waals surface area contributed by atoms with Crippen LogP contribution in [0.3, 0.4) is 0 Å². The third-order valence-electron chi connectivity index (χ3n) is 4.51. The average Bonchev–Trinajstić information content (AvgIpc) is 3.22. The van der Waals surface area contributed by atoms with Crippen LogP contribution >= 0.6 is 11.3 Å². The van der Waals surface area contributed by atoms with Gasteiger partial charge in [-0.3, -0.25) is 0 Å². The summed E-state index contributed by atoms with van der Waals surface area (Å²) in [7, 11) is 0. The zero-order chi connectivity index (χ0) is 16.5. The predicted octanol–water partition coefficient (Wildman–Crippen LogP) is 3.76.